The summed E-state index contributed by atoms with van der Waals surface area (Å²) < 4.78 is 6.33. The number of fused-ring (bicyclic) bond motifs is 1. The maximum absolute atomic E-state index is 11.7. The number of hydrogen-bond acceptors (Lipinski definition) is 3. The summed E-state index contributed by atoms with van der Waals surface area (Å²) in [5.74, 6) is -0.111. The summed E-state index contributed by atoms with van der Waals surface area (Å²) in [6, 6.07) is 7.95. The molecule has 0 saturated heterocycles. The van der Waals surface area contributed by atoms with E-state index in [1.807, 2.05) is 31.2 Å². The first-order chi connectivity index (χ1) is 10.2. The van der Waals surface area contributed by atoms with Crippen LogP contribution < -0.4 is 5.32 Å². The van der Waals surface area contributed by atoms with E-state index in [1.54, 1.807) is 17.4 Å². The van der Waals surface area contributed by atoms with Crippen molar-refractivity contribution in [3.8, 4) is 0 Å². The van der Waals surface area contributed by atoms with Gasteiger partial charge in [-0.2, -0.15) is 0 Å². The SMILES string of the molecule is CCOCCCNC(=O)/C=C/c1sc2ccccc2c1Cl. The maximum atomic E-state index is 11.7. The highest BCUT2D eigenvalue weighted by atomic mass is 35.5. The topological polar surface area (TPSA) is 38.3 Å². The van der Waals surface area contributed by atoms with Crippen LogP contribution in [0.2, 0.25) is 5.02 Å². The van der Waals surface area contributed by atoms with Gasteiger partial charge < -0.3 is 10.1 Å². The van der Waals surface area contributed by atoms with E-state index < -0.39 is 0 Å². The number of amides is 1. The lowest BCUT2D eigenvalue weighted by Crippen LogP contribution is -2.23. The van der Waals surface area contributed by atoms with Gasteiger partial charge in [0.25, 0.3) is 0 Å². The molecule has 1 aromatic heterocycles. The number of benzene rings is 1. The lowest BCUT2D eigenvalue weighted by atomic mass is 10.2. The first-order valence-electron chi connectivity index (χ1n) is 6.93. The van der Waals surface area contributed by atoms with Crippen molar-refractivity contribution in [3.63, 3.8) is 0 Å². The summed E-state index contributed by atoms with van der Waals surface area (Å²) in [6.07, 6.45) is 4.11. The summed E-state index contributed by atoms with van der Waals surface area (Å²) >= 11 is 7.90. The Kier molecular flexibility index (Phi) is 6.23. The lowest BCUT2D eigenvalue weighted by molar-refractivity contribution is -0.116. The molecule has 0 aliphatic rings. The highest BCUT2D eigenvalue weighted by molar-refractivity contribution is 7.20. The minimum absolute atomic E-state index is 0.111. The van der Waals surface area contributed by atoms with Gasteiger partial charge in [-0.25, -0.2) is 0 Å². The number of carbonyl (C=O) groups excluding carboxylic acids is 1. The van der Waals surface area contributed by atoms with E-state index in [9.17, 15) is 4.79 Å². The van der Waals surface area contributed by atoms with E-state index in [-0.39, 0.29) is 5.91 Å². The van der Waals surface area contributed by atoms with E-state index in [0.29, 0.717) is 24.8 Å². The number of carbonyl (C=O) groups is 1. The fourth-order valence-electron chi connectivity index (χ4n) is 1.88. The number of nitrogens with one attached hydrogen (secondary N) is 1. The predicted molar refractivity (Wildman–Crippen MR) is 90.0 cm³/mol. The van der Waals surface area contributed by atoms with E-state index in [1.165, 1.54) is 6.08 Å². The van der Waals surface area contributed by atoms with E-state index in [2.05, 4.69) is 5.32 Å². The number of hydrogen-bond donors (Lipinski definition) is 1. The van der Waals surface area contributed by atoms with Crippen LogP contribution >= 0.6 is 22.9 Å². The van der Waals surface area contributed by atoms with Gasteiger partial charge in [0.05, 0.1) is 5.02 Å². The molecule has 3 nitrogen and oxygen atoms in total. The summed E-state index contributed by atoms with van der Waals surface area (Å²) in [6.45, 7) is 3.94. The highest BCUT2D eigenvalue weighted by Crippen LogP contribution is 2.35. The minimum atomic E-state index is -0.111. The van der Waals surface area contributed by atoms with Gasteiger partial charge >= 0.3 is 0 Å². The van der Waals surface area contributed by atoms with Gasteiger partial charge in [0.1, 0.15) is 0 Å². The summed E-state index contributed by atoms with van der Waals surface area (Å²) in [4.78, 5) is 12.6. The first-order valence-corrected chi connectivity index (χ1v) is 8.12. The number of halogens is 1. The molecule has 5 heteroatoms. The maximum Gasteiger partial charge on any atom is 0.244 e. The van der Waals surface area contributed by atoms with Crippen LogP contribution in [0.3, 0.4) is 0 Å². The molecule has 112 valence electrons. The van der Waals surface area contributed by atoms with Crippen molar-refractivity contribution in [1.29, 1.82) is 0 Å². The second kappa shape index (κ2) is 8.17. The monoisotopic (exact) mass is 323 g/mol. The van der Waals surface area contributed by atoms with Gasteiger partial charge in [0.15, 0.2) is 0 Å². The molecule has 1 amide bonds. The average molecular weight is 324 g/mol. The van der Waals surface area contributed by atoms with E-state index in [4.69, 9.17) is 16.3 Å². The van der Waals surface area contributed by atoms with Gasteiger partial charge in [0.2, 0.25) is 5.91 Å². The molecule has 2 rings (SSSR count). The number of thiophene rings is 1. The fourth-order valence-corrected chi connectivity index (χ4v) is 3.28. The lowest BCUT2D eigenvalue weighted by Gasteiger charge is -2.02. The molecule has 0 spiro atoms. The Morgan fingerprint density at radius 1 is 1.43 bits per heavy atom. The van der Waals surface area contributed by atoms with Gasteiger partial charge in [-0.3, -0.25) is 4.79 Å². The van der Waals surface area contributed by atoms with Crippen molar-refractivity contribution in [2.24, 2.45) is 0 Å². The second-order valence-electron chi connectivity index (χ2n) is 4.45. The Balaban J connectivity index is 1.90. The van der Waals surface area contributed by atoms with Crippen LogP contribution in [-0.2, 0) is 9.53 Å². The van der Waals surface area contributed by atoms with Crippen molar-refractivity contribution >= 4 is 45.0 Å². The van der Waals surface area contributed by atoms with Crippen LogP contribution in [0.15, 0.2) is 30.3 Å². The summed E-state index contributed by atoms with van der Waals surface area (Å²) in [5, 5.41) is 4.55. The van der Waals surface area contributed by atoms with Gasteiger partial charge in [-0.05, 0) is 25.5 Å². The molecule has 1 N–H and O–H groups in total. The molecular formula is C16H18ClNO2S. The molecule has 1 aromatic carbocycles. The number of ether oxygens (including phenoxy) is 1. The molecule has 0 unspecified atom stereocenters. The van der Waals surface area contributed by atoms with Crippen molar-refractivity contribution in [1.82, 2.24) is 5.32 Å². The molecule has 21 heavy (non-hydrogen) atoms. The fraction of sp³-hybridized carbons (Fsp3) is 0.312. The zero-order valence-corrected chi connectivity index (χ0v) is 13.5. The van der Waals surface area contributed by atoms with Crippen molar-refractivity contribution < 1.29 is 9.53 Å². The molecule has 0 atom stereocenters. The second-order valence-corrected chi connectivity index (χ2v) is 5.91. The zero-order chi connectivity index (χ0) is 15.1. The smallest absolute Gasteiger partial charge is 0.244 e. The molecular weight excluding hydrogens is 306 g/mol. The van der Waals surface area contributed by atoms with Crippen molar-refractivity contribution in [2.75, 3.05) is 19.8 Å². The van der Waals surface area contributed by atoms with Crippen LogP contribution in [0.1, 0.15) is 18.2 Å². The highest BCUT2D eigenvalue weighted by Gasteiger charge is 2.07. The standard InChI is InChI=1S/C16H18ClNO2S/c1-2-20-11-5-10-18-15(19)9-8-14-16(17)12-6-3-4-7-13(12)21-14/h3-4,6-9H,2,5,10-11H2,1H3,(H,18,19)/b9-8+. The Morgan fingerprint density at radius 3 is 3.00 bits per heavy atom. The Morgan fingerprint density at radius 2 is 2.24 bits per heavy atom. The summed E-state index contributed by atoms with van der Waals surface area (Å²) in [5.41, 5.74) is 0. The third kappa shape index (κ3) is 4.56. The predicted octanol–water partition coefficient (Wildman–Crippen LogP) is 4.11. The van der Waals surface area contributed by atoms with Crippen LogP contribution in [0.4, 0.5) is 0 Å². The van der Waals surface area contributed by atoms with Crippen molar-refractivity contribution in [2.45, 2.75) is 13.3 Å². The third-order valence-electron chi connectivity index (χ3n) is 2.91. The molecule has 0 radical (unpaired) electrons. The Bertz CT molecular complexity index is 636. The molecule has 1 heterocycles. The third-order valence-corrected chi connectivity index (χ3v) is 4.57. The largest absolute Gasteiger partial charge is 0.382 e. The van der Waals surface area contributed by atoms with Gasteiger partial charge in [-0.1, -0.05) is 29.8 Å². The minimum Gasteiger partial charge on any atom is -0.382 e. The Labute approximate surface area is 133 Å². The number of rotatable bonds is 7. The van der Waals surface area contributed by atoms with Crippen LogP contribution in [0.25, 0.3) is 16.2 Å². The van der Waals surface area contributed by atoms with Gasteiger partial charge in [-0.15, -0.1) is 11.3 Å². The zero-order valence-electron chi connectivity index (χ0n) is 11.9. The van der Waals surface area contributed by atoms with Crippen molar-refractivity contribution in [3.05, 3.63) is 40.2 Å². The van der Waals surface area contributed by atoms with E-state index >= 15 is 0 Å². The molecule has 0 saturated carbocycles. The molecule has 0 bridgehead atoms. The van der Waals surface area contributed by atoms with Gasteiger partial charge in [0, 0.05) is 40.8 Å². The van der Waals surface area contributed by atoms with E-state index in [0.717, 1.165) is 21.4 Å². The first kappa shape index (κ1) is 16.0. The van der Waals surface area contributed by atoms with Crippen LogP contribution in [-0.4, -0.2) is 25.7 Å². The molecule has 0 aliphatic heterocycles. The molecule has 0 aliphatic carbocycles. The van der Waals surface area contributed by atoms with Crippen LogP contribution in [0.5, 0.6) is 0 Å². The molecule has 2 aromatic rings. The van der Waals surface area contributed by atoms with Crippen LogP contribution in [0, 0.1) is 0 Å². The summed E-state index contributed by atoms with van der Waals surface area (Å²) in [7, 11) is 0. The quantitative estimate of drug-likeness (QED) is 0.615. The molecule has 0 fully saturated rings. The normalized spacial score (nSPS) is 11.3. The average Bonchev–Trinajstić information content (AvgIpc) is 2.82. The Hall–Kier alpha value is -1.36.